The highest BCUT2D eigenvalue weighted by Crippen LogP contribution is 2.30. The predicted octanol–water partition coefficient (Wildman–Crippen LogP) is 3.09. The summed E-state index contributed by atoms with van der Waals surface area (Å²) in [6, 6.07) is 4.08. The van der Waals surface area contributed by atoms with Gasteiger partial charge in [-0.2, -0.15) is 5.10 Å². The van der Waals surface area contributed by atoms with Crippen molar-refractivity contribution in [2.45, 2.75) is 25.9 Å². The minimum absolute atomic E-state index is 0.0527. The van der Waals surface area contributed by atoms with Crippen LogP contribution in [0.15, 0.2) is 33.0 Å². The number of halogens is 1. The average molecular weight is 340 g/mol. The molecule has 0 saturated heterocycles. The van der Waals surface area contributed by atoms with Gasteiger partial charge in [0, 0.05) is 18.0 Å². The zero-order valence-electron chi connectivity index (χ0n) is 10.3. The molecule has 0 bridgehead atoms. The van der Waals surface area contributed by atoms with E-state index in [1.54, 1.807) is 22.2 Å². The Morgan fingerprint density at radius 1 is 1.53 bits per heavy atom. The Bertz CT molecular complexity index is 619. The van der Waals surface area contributed by atoms with Crippen LogP contribution >= 0.6 is 27.3 Å². The van der Waals surface area contributed by atoms with Crippen molar-refractivity contribution in [1.29, 1.82) is 0 Å². The maximum absolute atomic E-state index is 12.1. The highest BCUT2D eigenvalue weighted by Gasteiger charge is 2.23. The smallest absolute Gasteiger partial charge is 0.283 e. The number of nitrogens with zero attached hydrogens (tertiary/aromatic N) is 2. The van der Waals surface area contributed by atoms with Crippen LogP contribution in [0.2, 0.25) is 0 Å². The second-order valence-corrected chi connectivity index (χ2v) is 6.56. The van der Waals surface area contributed by atoms with Crippen molar-refractivity contribution in [2.75, 3.05) is 5.32 Å². The van der Waals surface area contributed by atoms with Gasteiger partial charge >= 0.3 is 0 Å². The molecule has 1 fully saturated rings. The summed E-state index contributed by atoms with van der Waals surface area (Å²) in [5.41, 5.74) is 0.702. The van der Waals surface area contributed by atoms with Gasteiger partial charge in [0.25, 0.3) is 5.56 Å². The first-order valence-corrected chi connectivity index (χ1v) is 7.93. The van der Waals surface area contributed by atoms with Crippen molar-refractivity contribution >= 4 is 33.0 Å². The van der Waals surface area contributed by atoms with Crippen molar-refractivity contribution in [3.8, 4) is 0 Å². The van der Waals surface area contributed by atoms with Crippen molar-refractivity contribution < 1.29 is 0 Å². The SMILES string of the molecule is O=c1c(Br)c(NCc2cccs2)cnn1CC1CC1. The molecule has 6 heteroatoms. The molecule has 1 saturated carbocycles. The molecule has 2 heterocycles. The Labute approximate surface area is 123 Å². The Hall–Kier alpha value is -1.14. The molecule has 0 spiro atoms. The first-order chi connectivity index (χ1) is 9.24. The van der Waals surface area contributed by atoms with E-state index in [1.165, 1.54) is 17.7 Å². The molecular formula is C13H14BrN3OS. The number of nitrogens with one attached hydrogen (secondary N) is 1. The number of thiophene rings is 1. The number of anilines is 1. The highest BCUT2D eigenvalue weighted by molar-refractivity contribution is 9.10. The quantitative estimate of drug-likeness (QED) is 0.910. The fourth-order valence-electron chi connectivity index (χ4n) is 1.86. The molecule has 0 radical (unpaired) electrons. The Morgan fingerprint density at radius 2 is 2.37 bits per heavy atom. The molecule has 0 atom stereocenters. The molecule has 1 N–H and O–H groups in total. The molecule has 1 aliphatic carbocycles. The van der Waals surface area contributed by atoms with E-state index in [1.807, 2.05) is 11.4 Å². The van der Waals surface area contributed by atoms with Crippen LogP contribution in [0, 0.1) is 5.92 Å². The highest BCUT2D eigenvalue weighted by atomic mass is 79.9. The molecule has 0 aliphatic heterocycles. The van der Waals surface area contributed by atoms with Crippen LogP contribution in [0.3, 0.4) is 0 Å². The molecule has 100 valence electrons. The fraction of sp³-hybridized carbons (Fsp3) is 0.385. The lowest BCUT2D eigenvalue weighted by Crippen LogP contribution is -2.25. The topological polar surface area (TPSA) is 46.9 Å². The minimum Gasteiger partial charge on any atom is -0.378 e. The van der Waals surface area contributed by atoms with Crippen LogP contribution in [-0.4, -0.2) is 9.78 Å². The Balaban J connectivity index is 1.74. The van der Waals surface area contributed by atoms with Crippen LogP contribution in [0.4, 0.5) is 5.69 Å². The zero-order chi connectivity index (χ0) is 13.2. The fourth-order valence-corrected chi connectivity index (χ4v) is 2.95. The van der Waals surface area contributed by atoms with E-state index < -0.39 is 0 Å². The number of hydrogen-bond acceptors (Lipinski definition) is 4. The molecule has 3 rings (SSSR count). The van der Waals surface area contributed by atoms with E-state index in [-0.39, 0.29) is 5.56 Å². The lowest BCUT2D eigenvalue weighted by Gasteiger charge is -2.09. The second-order valence-electron chi connectivity index (χ2n) is 4.74. The third-order valence-corrected chi connectivity index (χ3v) is 4.79. The minimum atomic E-state index is -0.0527. The van der Waals surface area contributed by atoms with Gasteiger partial charge in [0.1, 0.15) is 4.47 Å². The average Bonchev–Trinajstić information content (AvgIpc) is 3.07. The van der Waals surface area contributed by atoms with Crippen LogP contribution in [0.25, 0.3) is 0 Å². The largest absolute Gasteiger partial charge is 0.378 e. The predicted molar refractivity (Wildman–Crippen MR) is 80.6 cm³/mol. The van der Waals surface area contributed by atoms with Gasteiger partial charge < -0.3 is 5.32 Å². The summed E-state index contributed by atoms with van der Waals surface area (Å²) in [4.78, 5) is 13.4. The summed E-state index contributed by atoms with van der Waals surface area (Å²) in [5, 5.41) is 9.51. The van der Waals surface area contributed by atoms with Crippen molar-refractivity contribution in [3.63, 3.8) is 0 Å². The van der Waals surface area contributed by atoms with Crippen LogP contribution in [0.5, 0.6) is 0 Å². The van der Waals surface area contributed by atoms with E-state index in [2.05, 4.69) is 32.4 Å². The van der Waals surface area contributed by atoms with Gasteiger partial charge in [0.2, 0.25) is 0 Å². The van der Waals surface area contributed by atoms with Gasteiger partial charge in [-0.15, -0.1) is 11.3 Å². The van der Waals surface area contributed by atoms with E-state index in [4.69, 9.17) is 0 Å². The first kappa shape index (κ1) is 12.9. The molecular weight excluding hydrogens is 326 g/mol. The molecule has 4 nitrogen and oxygen atoms in total. The maximum Gasteiger partial charge on any atom is 0.283 e. The number of rotatable bonds is 5. The van der Waals surface area contributed by atoms with Crippen molar-refractivity contribution in [2.24, 2.45) is 5.92 Å². The third-order valence-electron chi connectivity index (χ3n) is 3.15. The molecule has 0 amide bonds. The number of hydrogen-bond donors (Lipinski definition) is 1. The van der Waals surface area contributed by atoms with Crippen LogP contribution < -0.4 is 10.9 Å². The molecule has 2 aromatic rings. The molecule has 0 aromatic carbocycles. The van der Waals surface area contributed by atoms with Gasteiger partial charge in [-0.1, -0.05) is 6.07 Å². The van der Waals surface area contributed by atoms with Gasteiger partial charge in [0.15, 0.2) is 0 Å². The standard InChI is InChI=1S/C13H14BrN3OS/c14-12-11(15-6-10-2-1-5-19-10)7-16-17(13(12)18)8-9-3-4-9/h1-2,5,7,9,15H,3-4,6,8H2. The van der Waals surface area contributed by atoms with E-state index >= 15 is 0 Å². The van der Waals surface area contributed by atoms with E-state index in [0.29, 0.717) is 16.9 Å². The van der Waals surface area contributed by atoms with Crippen molar-refractivity contribution in [3.05, 3.63) is 43.4 Å². The van der Waals surface area contributed by atoms with Gasteiger partial charge in [-0.25, -0.2) is 4.68 Å². The first-order valence-electron chi connectivity index (χ1n) is 6.26. The summed E-state index contributed by atoms with van der Waals surface area (Å²) < 4.78 is 2.12. The van der Waals surface area contributed by atoms with Crippen molar-refractivity contribution in [1.82, 2.24) is 9.78 Å². The van der Waals surface area contributed by atoms with Crippen LogP contribution in [0.1, 0.15) is 17.7 Å². The summed E-state index contributed by atoms with van der Waals surface area (Å²) in [5.74, 6) is 0.641. The Morgan fingerprint density at radius 3 is 3.05 bits per heavy atom. The lowest BCUT2D eigenvalue weighted by molar-refractivity contribution is 0.532. The van der Waals surface area contributed by atoms with Crippen LogP contribution in [-0.2, 0) is 13.1 Å². The van der Waals surface area contributed by atoms with Gasteiger partial charge in [-0.05, 0) is 46.1 Å². The summed E-state index contributed by atoms with van der Waals surface area (Å²) in [7, 11) is 0. The van der Waals surface area contributed by atoms with Gasteiger partial charge in [-0.3, -0.25) is 4.79 Å². The lowest BCUT2D eigenvalue weighted by atomic mass is 10.4. The van der Waals surface area contributed by atoms with Gasteiger partial charge in [0.05, 0.1) is 11.9 Å². The molecule has 0 unspecified atom stereocenters. The zero-order valence-corrected chi connectivity index (χ0v) is 12.7. The second kappa shape index (κ2) is 5.46. The molecule has 1 aliphatic rings. The maximum atomic E-state index is 12.1. The summed E-state index contributed by atoms with van der Waals surface area (Å²) in [6.07, 6.45) is 4.15. The third kappa shape index (κ3) is 3.06. The normalized spacial score (nSPS) is 14.6. The van der Waals surface area contributed by atoms with E-state index in [9.17, 15) is 4.79 Å². The monoisotopic (exact) mass is 339 g/mol. The molecule has 2 aromatic heterocycles. The van der Waals surface area contributed by atoms with E-state index in [0.717, 1.165) is 12.2 Å². The molecule has 19 heavy (non-hydrogen) atoms. The summed E-state index contributed by atoms with van der Waals surface area (Å²) in [6.45, 7) is 1.45. The Kier molecular flexibility index (Phi) is 3.70. The number of aromatic nitrogens is 2. The summed E-state index contributed by atoms with van der Waals surface area (Å²) >= 11 is 5.06.